The minimum absolute atomic E-state index is 0.0722. The highest BCUT2D eigenvalue weighted by atomic mass is 19.4. The van der Waals surface area contributed by atoms with Crippen molar-refractivity contribution in [2.45, 2.75) is 57.4 Å². The van der Waals surface area contributed by atoms with Crippen LogP contribution >= 0.6 is 0 Å². The van der Waals surface area contributed by atoms with Gasteiger partial charge >= 0.3 is 6.18 Å². The van der Waals surface area contributed by atoms with Gasteiger partial charge in [0.05, 0.1) is 22.9 Å². The number of rotatable bonds is 6. The molecule has 2 saturated heterocycles. The van der Waals surface area contributed by atoms with Crippen LogP contribution in [0.15, 0.2) is 35.3 Å². The van der Waals surface area contributed by atoms with Gasteiger partial charge < -0.3 is 25.3 Å². The van der Waals surface area contributed by atoms with Crippen molar-refractivity contribution in [2.24, 2.45) is 0 Å². The van der Waals surface area contributed by atoms with E-state index in [1.54, 1.807) is 23.8 Å². The largest absolute Gasteiger partial charge is 0.416 e. The highest BCUT2D eigenvalue weighted by molar-refractivity contribution is 5.99. The van der Waals surface area contributed by atoms with E-state index < -0.39 is 23.7 Å². The van der Waals surface area contributed by atoms with Crippen molar-refractivity contribution in [3.05, 3.63) is 63.1 Å². The first kappa shape index (κ1) is 25.2. The molecule has 2 aliphatic rings. The van der Waals surface area contributed by atoms with Gasteiger partial charge in [0.15, 0.2) is 0 Å². The van der Waals surface area contributed by atoms with Crippen LogP contribution in [0.2, 0.25) is 0 Å². The summed E-state index contributed by atoms with van der Waals surface area (Å²) in [5.74, 6) is -0.455. The first-order valence-corrected chi connectivity index (χ1v) is 11.9. The number of nitrogens with one attached hydrogen (secondary N) is 3. The SMILES string of the molecule is Cc1c(C(C)NC(=O)c2cn(C3CCOCC3)c(=O)cc2NC2CCNC2)cccc1C(F)(F)F. The molecule has 2 unspecified atom stereocenters. The Bertz CT molecular complexity index is 1120. The van der Waals surface area contributed by atoms with Crippen LogP contribution in [0.1, 0.15) is 65.3 Å². The van der Waals surface area contributed by atoms with Crippen molar-refractivity contribution < 1.29 is 22.7 Å². The summed E-state index contributed by atoms with van der Waals surface area (Å²) < 4.78 is 47.1. The minimum Gasteiger partial charge on any atom is -0.381 e. The Balaban J connectivity index is 1.64. The summed E-state index contributed by atoms with van der Waals surface area (Å²) in [6.45, 7) is 5.69. The van der Waals surface area contributed by atoms with Gasteiger partial charge in [0, 0.05) is 44.1 Å². The van der Waals surface area contributed by atoms with Gasteiger partial charge in [-0.05, 0) is 56.8 Å². The number of benzene rings is 1. The predicted octanol–water partition coefficient (Wildman–Crippen LogP) is 3.79. The third-order valence-corrected chi connectivity index (χ3v) is 6.82. The number of alkyl halides is 3. The lowest BCUT2D eigenvalue weighted by Gasteiger charge is -2.26. The Hall–Kier alpha value is -2.85. The molecule has 2 atom stereocenters. The standard InChI is InChI=1S/C25H31F3N4O3/c1-15-19(4-3-5-21(15)25(26,27)28)16(2)30-24(34)20-14-32(18-7-10-35-11-8-18)23(33)12-22(20)31-17-6-9-29-13-17/h3-5,12,14,16-18,29,31H,6-11,13H2,1-2H3,(H,30,34). The van der Waals surface area contributed by atoms with Gasteiger partial charge in [-0.1, -0.05) is 12.1 Å². The highest BCUT2D eigenvalue weighted by Gasteiger charge is 2.33. The van der Waals surface area contributed by atoms with E-state index in [0.717, 1.165) is 19.0 Å². The molecule has 2 fully saturated rings. The summed E-state index contributed by atoms with van der Waals surface area (Å²) in [7, 11) is 0. The fraction of sp³-hybridized carbons (Fsp3) is 0.520. The van der Waals surface area contributed by atoms with Crippen molar-refractivity contribution in [3.8, 4) is 0 Å². The fourth-order valence-corrected chi connectivity index (χ4v) is 4.88. The van der Waals surface area contributed by atoms with Crippen LogP contribution in [0.4, 0.5) is 18.9 Å². The Kier molecular flexibility index (Phi) is 7.51. The van der Waals surface area contributed by atoms with Gasteiger partial charge in [0.25, 0.3) is 11.5 Å². The maximum absolute atomic E-state index is 13.4. The first-order chi connectivity index (χ1) is 16.6. The summed E-state index contributed by atoms with van der Waals surface area (Å²) in [6.07, 6.45) is -0.719. The lowest BCUT2D eigenvalue weighted by molar-refractivity contribution is -0.138. The molecule has 2 aliphatic heterocycles. The molecule has 3 heterocycles. The predicted molar refractivity (Wildman–Crippen MR) is 127 cm³/mol. The van der Waals surface area contributed by atoms with E-state index in [4.69, 9.17) is 4.74 Å². The van der Waals surface area contributed by atoms with E-state index in [0.29, 0.717) is 49.4 Å². The van der Waals surface area contributed by atoms with Crippen molar-refractivity contribution in [2.75, 3.05) is 31.6 Å². The number of ether oxygens (including phenoxy) is 1. The molecule has 0 saturated carbocycles. The van der Waals surface area contributed by atoms with E-state index in [2.05, 4.69) is 16.0 Å². The molecule has 7 nitrogen and oxygen atoms in total. The summed E-state index contributed by atoms with van der Waals surface area (Å²) in [4.78, 5) is 26.4. The van der Waals surface area contributed by atoms with Crippen LogP contribution in [0.3, 0.4) is 0 Å². The van der Waals surface area contributed by atoms with Gasteiger partial charge in [0.2, 0.25) is 0 Å². The second kappa shape index (κ2) is 10.4. The average molecular weight is 493 g/mol. The lowest BCUT2D eigenvalue weighted by atomic mass is 9.97. The summed E-state index contributed by atoms with van der Waals surface area (Å²) in [6, 6.07) is 4.74. The van der Waals surface area contributed by atoms with Crippen LogP contribution < -0.4 is 21.5 Å². The van der Waals surface area contributed by atoms with Crippen LogP contribution in [0.25, 0.3) is 0 Å². The van der Waals surface area contributed by atoms with Crippen molar-refractivity contribution >= 4 is 11.6 Å². The third-order valence-electron chi connectivity index (χ3n) is 6.82. The Morgan fingerprint density at radius 3 is 2.63 bits per heavy atom. The molecule has 1 aromatic carbocycles. The van der Waals surface area contributed by atoms with Crippen LogP contribution in [-0.4, -0.2) is 42.8 Å². The lowest BCUT2D eigenvalue weighted by Crippen LogP contribution is -2.34. The number of anilines is 1. The van der Waals surface area contributed by atoms with Crippen molar-refractivity contribution in [1.82, 2.24) is 15.2 Å². The number of amides is 1. The molecule has 190 valence electrons. The second-order valence-corrected chi connectivity index (χ2v) is 9.24. The number of carbonyl (C=O) groups excluding carboxylic acids is 1. The number of pyridine rings is 1. The van der Waals surface area contributed by atoms with Gasteiger partial charge in [-0.15, -0.1) is 0 Å². The molecule has 4 rings (SSSR count). The molecular weight excluding hydrogens is 461 g/mol. The quantitative estimate of drug-likeness (QED) is 0.572. The van der Waals surface area contributed by atoms with E-state index in [1.165, 1.54) is 19.1 Å². The number of nitrogens with zero attached hydrogens (tertiary/aromatic N) is 1. The molecule has 10 heteroatoms. The fourth-order valence-electron chi connectivity index (χ4n) is 4.88. The minimum atomic E-state index is -4.48. The zero-order valence-electron chi connectivity index (χ0n) is 19.9. The Morgan fingerprint density at radius 2 is 1.97 bits per heavy atom. The zero-order chi connectivity index (χ0) is 25.2. The summed E-state index contributed by atoms with van der Waals surface area (Å²) in [5, 5.41) is 9.39. The topological polar surface area (TPSA) is 84.4 Å². The van der Waals surface area contributed by atoms with Crippen LogP contribution in [0.5, 0.6) is 0 Å². The number of halogens is 3. The summed E-state index contributed by atoms with van der Waals surface area (Å²) in [5.41, 5.74) is 0.261. The molecule has 0 radical (unpaired) electrons. The second-order valence-electron chi connectivity index (χ2n) is 9.24. The first-order valence-electron chi connectivity index (χ1n) is 11.9. The van der Waals surface area contributed by atoms with Gasteiger partial charge in [-0.25, -0.2) is 0 Å². The molecule has 1 amide bonds. The van der Waals surface area contributed by atoms with Crippen LogP contribution in [-0.2, 0) is 10.9 Å². The van der Waals surface area contributed by atoms with E-state index in [1.807, 2.05) is 0 Å². The molecule has 0 bridgehead atoms. The zero-order valence-corrected chi connectivity index (χ0v) is 19.9. The summed E-state index contributed by atoms with van der Waals surface area (Å²) >= 11 is 0. The van der Waals surface area contributed by atoms with Crippen molar-refractivity contribution in [1.29, 1.82) is 0 Å². The molecule has 1 aromatic heterocycles. The number of aromatic nitrogens is 1. The van der Waals surface area contributed by atoms with Crippen molar-refractivity contribution in [3.63, 3.8) is 0 Å². The van der Waals surface area contributed by atoms with Gasteiger partial charge in [-0.2, -0.15) is 13.2 Å². The highest BCUT2D eigenvalue weighted by Crippen LogP contribution is 2.34. The Labute approximate surface area is 202 Å². The molecule has 3 N–H and O–H groups in total. The molecule has 2 aromatic rings. The van der Waals surface area contributed by atoms with Gasteiger partial charge in [0.1, 0.15) is 0 Å². The number of hydrogen-bond acceptors (Lipinski definition) is 5. The molecule has 0 aliphatic carbocycles. The average Bonchev–Trinajstić information content (AvgIpc) is 3.32. The molecule has 0 spiro atoms. The Morgan fingerprint density at radius 1 is 1.23 bits per heavy atom. The normalized spacial score (nSPS) is 20.0. The van der Waals surface area contributed by atoms with E-state index in [-0.39, 0.29) is 23.2 Å². The maximum atomic E-state index is 13.4. The van der Waals surface area contributed by atoms with Gasteiger partial charge in [-0.3, -0.25) is 9.59 Å². The third kappa shape index (κ3) is 5.70. The van der Waals surface area contributed by atoms with E-state index in [9.17, 15) is 22.8 Å². The molecule has 35 heavy (non-hydrogen) atoms. The smallest absolute Gasteiger partial charge is 0.381 e. The maximum Gasteiger partial charge on any atom is 0.416 e. The van der Waals surface area contributed by atoms with Crippen LogP contribution in [0, 0.1) is 6.92 Å². The molecular formula is C25H31F3N4O3. The van der Waals surface area contributed by atoms with E-state index >= 15 is 0 Å². The number of carbonyl (C=O) groups is 1. The monoisotopic (exact) mass is 492 g/mol. The number of hydrogen-bond donors (Lipinski definition) is 3.